The first-order valence-corrected chi connectivity index (χ1v) is 10.7. The van der Waals surface area contributed by atoms with Crippen LogP contribution in [0.5, 0.6) is 0 Å². The lowest BCUT2D eigenvalue weighted by atomic mass is 9.91. The topological polar surface area (TPSA) is 36.4 Å². The van der Waals surface area contributed by atoms with Crippen molar-refractivity contribution in [2.75, 3.05) is 32.7 Å². The fourth-order valence-electron chi connectivity index (χ4n) is 4.35. The van der Waals surface area contributed by atoms with Gasteiger partial charge in [-0.1, -0.05) is 37.3 Å². The number of aromatic nitrogens is 1. The summed E-state index contributed by atoms with van der Waals surface area (Å²) in [5.41, 5.74) is 3.57. The Morgan fingerprint density at radius 3 is 2.71 bits per heavy atom. The fraction of sp³-hybridized carbons (Fsp3) is 0.500. The molecule has 0 radical (unpaired) electrons. The van der Waals surface area contributed by atoms with E-state index in [1.165, 1.54) is 24.0 Å². The molecule has 4 heteroatoms. The number of pyridine rings is 1. The van der Waals surface area contributed by atoms with Gasteiger partial charge in [0.15, 0.2) is 0 Å². The third-order valence-corrected chi connectivity index (χ3v) is 5.99. The highest BCUT2D eigenvalue weighted by molar-refractivity contribution is 5.80. The van der Waals surface area contributed by atoms with Crippen LogP contribution in [-0.2, 0) is 11.2 Å². The van der Waals surface area contributed by atoms with Gasteiger partial charge < -0.3 is 9.80 Å². The highest BCUT2D eigenvalue weighted by Crippen LogP contribution is 2.31. The molecule has 148 valence electrons. The van der Waals surface area contributed by atoms with Crippen molar-refractivity contribution in [2.45, 2.75) is 32.6 Å². The van der Waals surface area contributed by atoms with Crippen LogP contribution in [0.25, 0.3) is 11.1 Å². The van der Waals surface area contributed by atoms with Gasteiger partial charge in [0.2, 0.25) is 5.91 Å². The summed E-state index contributed by atoms with van der Waals surface area (Å²) in [6.07, 6.45) is 8.25. The maximum absolute atomic E-state index is 13.3. The summed E-state index contributed by atoms with van der Waals surface area (Å²) in [4.78, 5) is 22.3. The average Bonchev–Trinajstić information content (AvgIpc) is 3.55. The largest absolute Gasteiger partial charge is 0.341 e. The van der Waals surface area contributed by atoms with E-state index in [4.69, 9.17) is 0 Å². The highest BCUT2D eigenvalue weighted by Gasteiger charge is 2.33. The number of hydrogen-bond acceptors (Lipinski definition) is 3. The van der Waals surface area contributed by atoms with Crippen LogP contribution < -0.4 is 0 Å². The monoisotopic (exact) mass is 377 g/mol. The number of nitrogens with zero attached hydrogens (tertiary/aromatic N) is 3. The van der Waals surface area contributed by atoms with E-state index in [0.29, 0.717) is 5.91 Å². The Bertz CT molecular complexity index is 787. The Morgan fingerprint density at radius 2 is 1.96 bits per heavy atom. The molecule has 0 bridgehead atoms. The first-order chi connectivity index (χ1) is 13.7. The zero-order chi connectivity index (χ0) is 19.3. The third kappa shape index (κ3) is 4.61. The maximum atomic E-state index is 13.3. The number of hydrogen-bond donors (Lipinski definition) is 0. The van der Waals surface area contributed by atoms with Crippen molar-refractivity contribution < 1.29 is 4.79 Å². The van der Waals surface area contributed by atoms with Gasteiger partial charge >= 0.3 is 0 Å². The predicted octanol–water partition coefficient (Wildman–Crippen LogP) is 3.87. The summed E-state index contributed by atoms with van der Waals surface area (Å²) in [5.74, 6) is 1.22. The Kier molecular flexibility index (Phi) is 6.06. The second-order valence-electron chi connectivity index (χ2n) is 8.33. The summed E-state index contributed by atoms with van der Waals surface area (Å²) in [6.45, 7) is 6.97. The van der Waals surface area contributed by atoms with Gasteiger partial charge in [0.05, 0.1) is 5.92 Å². The molecule has 4 rings (SSSR count). The molecule has 2 aromatic rings. The van der Waals surface area contributed by atoms with Crippen LogP contribution in [0.15, 0.2) is 48.8 Å². The smallest absolute Gasteiger partial charge is 0.227 e. The van der Waals surface area contributed by atoms with Crippen molar-refractivity contribution >= 4 is 5.91 Å². The summed E-state index contributed by atoms with van der Waals surface area (Å²) in [6, 6.07) is 12.6. The molecule has 1 saturated carbocycles. The van der Waals surface area contributed by atoms with Crippen LogP contribution in [0.2, 0.25) is 0 Å². The van der Waals surface area contributed by atoms with E-state index in [0.717, 1.165) is 57.0 Å². The molecule has 1 aromatic heterocycles. The van der Waals surface area contributed by atoms with Gasteiger partial charge in [-0.15, -0.1) is 0 Å². The number of benzene rings is 1. The average molecular weight is 378 g/mol. The van der Waals surface area contributed by atoms with Crippen LogP contribution in [0.1, 0.15) is 31.7 Å². The van der Waals surface area contributed by atoms with E-state index in [1.807, 2.05) is 12.3 Å². The van der Waals surface area contributed by atoms with E-state index < -0.39 is 0 Å². The summed E-state index contributed by atoms with van der Waals surface area (Å²) < 4.78 is 0. The number of carbonyl (C=O) groups is 1. The SMILES string of the molecule is CCCN1CCN(CC2CC2)C[C@@H](Cc2ccccc2-c2cccnc2)C1=O. The van der Waals surface area contributed by atoms with Crippen molar-refractivity contribution in [1.29, 1.82) is 0 Å². The number of amides is 1. The second kappa shape index (κ2) is 8.87. The van der Waals surface area contributed by atoms with Gasteiger partial charge in [-0.25, -0.2) is 0 Å². The Morgan fingerprint density at radius 1 is 1.11 bits per heavy atom. The van der Waals surface area contributed by atoms with Crippen LogP contribution in [-0.4, -0.2) is 53.4 Å². The van der Waals surface area contributed by atoms with Crippen molar-refractivity contribution in [3.8, 4) is 11.1 Å². The molecule has 1 saturated heterocycles. The second-order valence-corrected chi connectivity index (χ2v) is 8.33. The lowest BCUT2D eigenvalue weighted by Crippen LogP contribution is -2.38. The van der Waals surface area contributed by atoms with Crippen LogP contribution >= 0.6 is 0 Å². The third-order valence-electron chi connectivity index (χ3n) is 5.99. The van der Waals surface area contributed by atoms with E-state index >= 15 is 0 Å². The highest BCUT2D eigenvalue weighted by atomic mass is 16.2. The van der Waals surface area contributed by atoms with Crippen LogP contribution in [0, 0.1) is 11.8 Å². The normalized spacial score (nSPS) is 21.0. The summed E-state index contributed by atoms with van der Waals surface area (Å²) >= 11 is 0. The minimum atomic E-state index is 0.0330. The van der Waals surface area contributed by atoms with Crippen molar-refractivity contribution in [3.63, 3.8) is 0 Å². The minimum absolute atomic E-state index is 0.0330. The zero-order valence-corrected chi connectivity index (χ0v) is 16.9. The lowest BCUT2D eigenvalue weighted by Gasteiger charge is -2.24. The van der Waals surface area contributed by atoms with Gasteiger partial charge in [-0.2, -0.15) is 0 Å². The predicted molar refractivity (Wildman–Crippen MR) is 113 cm³/mol. The molecule has 28 heavy (non-hydrogen) atoms. The van der Waals surface area contributed by atoms with Crippen LogP contribution in [0.3, 0.4) is 0 Å². The van der Waals surface area contributed by atoms with Crippen molar-refractivity contribution in [1.82, 2.24) is 14.8 Å². The summed E-state index contributed by atoms with van der Waals surface area (Å²) in [5, 5.41) is 0. The van der Waals surface area contributed by atoms with Gasteiger partial charge in [0.25, 0.3) is 0 Å². The molecule has 1 aromatic carbocycles. The number of carbonyl (C=O) groups excluding carboxylic acids is 1. The van der Waals surface area contributed by atoms with Gasteiger partial charge in [0, 0.05) is 50.7 Å². The Labute approximate surface area is 168 Å². The first-order valence-electron chi connectivity index (χ1n) is 10.7. The maximum Gasteiger partial charge on any atom is 0.227 e. The van der Waals surface area contributed by atoms with Gasteiger partial charge in [-0.3, -0.25) is 9.78 Å². The van der Waals surface area contributed by atoms with Crippen molar-refractivity contribution in [2.24, 2.45) is 11.8 Å². The molecular formula is C24H31N3O. The molecule has 2 heterocycles. The van der Waals surface area contributed by atoms with Crippen molar-refractivity contribution in [3.05, 3.63) is 54.4 Å². The van der Waals surface area contributed by atoms with E-state index in [2.05, 4.69) is 52.0 Å². The molecule has 1 amide bonds. The molecule has 4 nitrogen and oxygen atoms in total. The van der Waals surface area contributed by atoms with E-state index in [-0.39, 0.29) is 5.92 Å². The van der Waals surface area contributed by atoms with Gasteiger partial charge in [0.1, 0.15) is 0 Å². The lowest BCUT2D eigenvalue weighted by molar-refractivity contribution is -0.134. The molecule has 0 unspecified atom stereocenters. The Balaban J connectivity index is 1.58. The molecule has 0 spiro atoms. The standard InChI is InChI=1S/C24H31N3O/c1-2-12-27-14-13-26(17-19-9-10-19)18-22(24(27)28)15-20-6-3-4-8-23(20)21-7-5-11-25-16-21/h3-8,11,16,19,22H,2,9-10,12-15,17-18H2,1H3/t22-/m1/s1. The molecule has 1 aliphatic heterocycles. The van der Waals surface area contributed by atoms with E-state index in [9.17, 15) is 4.79 Å². The summed E-state index contributed by atoms with van der Waals surface area (Å²) in [7, 11) is 0. The fourth-order valence-corrected chi connectivity index (χ4v) is 4.35. The van der Waals surface area contributed by atoms with Crippen LogP contribution in [0.4, 0.5) is 0 Å². The first kappa shape index (κ1) is 19.1. The zero-order valence-electron chi connectivity index (χ0n) is 16.9. The Hall–Kier alpha value is -2.20. The molecule has 2 fully saturated rings. The quantitative estimate of drug-likeness (QED) is 0.735. The van der Waals surface area contributed by atoms with E-state index in [1.54, 1.807) is 6.20 Å². The molecule has 0 N–H and O–H groups in total. The van der Waals surface area contributed by atoms with Gasteiger partial charge in [-0.05, 0) is 48.8 Å². The molecule has 1 aliphatic carbocycles. The number of rotatable bonds is 7. The molecule has 1 atom stereocenters. The minimum Gasteiger partial charge on any atom is -0.341 e. The molecular weight excluding hydrogens is 346 g/mol. The molecule has 2 aliphatic rings.